The second-order valence-corrected chi connectivity index (χ2v) is 6.10. The predicted molar refractivity (Wildman–Crippen MR) is 93.2 cm³/mol. The highest BCUT2D eigenvalue weighted by molar-refractivity contribution is 5.94. The molecule has 1 fully saturated rings. The van der Waals surface area contributed by atoms with Gasteiger partial charge in [0.2, 0.25) is 0 Å². The maximum Gasteiger partial charge on any atom is 0.257 e. The number of carbonyl (C=O) groups is 1. The maximum absolute atomic E-state index is 12.7. The molecular formula is C17H23ClN4O. The van der Waals surface area contributed by atoms with E-state index in [1.165, 1.54) is 0 Å². The Morgan fingerprint density at radius 3 is 2.78 bits per heavy atom. The first-order chi connectivity index (χ1) is 10.6. The van der Waals surface area contributed by atoms with Gasteiger partial charge in [-0.05, 0) is 44.4 Å². The van der Waals surface area contributed by atoms with Crippen molar-refractivity contribution in [3.05, 3.63) is 47.8 Å². The Morgan fingerprint density at radius 2 is 2.13 bits per heavy atom. The smallest absolute Gasteiger partial charge is 0.257 e. The third kappa shape index (κ3) is 3.41. The molecule has 1 aliphatic rings. The van der Waals surface area contributed by atoms with Gasteiger partial charge in [-0.3, -0.25) is 4.79 Å². The Morgan fingerprint density at radius 1 is 1.39 bits per heavy atom. The van der Waals surface area contributed by atoms with E-state index in [2.05, 4.69) is 12.0 Å². The monoisotopic (exact) mass is 334 g/mol. The molecule has 0 aliphatic carbocycles. The summed E-state index contributed by atoms with van der Waals surface area (Å²) in [7, 11) is 0. The van der Waals surface area contributed by atoms with Crippen LogP contribution in [-0.2, 0) is 0 Å². The molecule has 1 saturated heterocycles. The molecule has 0 radical (unpaired) electrons. The van der Waals surface area contributed by atoms with Gasteiger partial charge < -0.3 is 10.6 Å². The fourth-order valence-corrected chi connectivity index (χ4v) is 3.15. The number of likely N-dealkylation sites (tertiary alicyclic amines) is 1. The van der Waals surface area contributed by atoms with Gasteiger partial charge in [0.1, 0.15) is 0 Å². The molecule has 5 nitrogen and oxygen atoms in total. The summed E-state index contributed by atoms with van der Waals surface area (Å²) in [4.78, 5) is 14.6. The number of hydrogen-bond acceptors (Lipinski definition) is 3. The fourth-order valence-electron chi connectivity index (χ4n) is 3.15. The number of benzene rings is 1. The molecule has 23 heavy (non-hydrogen) atoms. The van der Waals surface area contributed by atoms with Gasteiger partial charge in [0, 0.05) is 18.8 Å². The Balaban J connectivity index is 0.00000192. The van der Waals surface area contributed by atoms with Crippen LogP contribution in [0.25, 0.3) is 5.69 Å². The molecule has 124 valence electrons. The van der Waals surface area contributed by atoms with Crippen molar-refractivity contribution in [2.75, 3.05) is 13.1 Å². The van der Waals surface area contributed by atoms with Crippen LogP contribution in [-0.4, -0.2) is 39.7 Å². The zero-order valence-electron chi connectivity index (χ0n) is 13.5. The molecule has 2 heterocycles. The molecule has 0 spiro atoms. The second-order valence-electron chi connectivity index (χ2n) is 6.10. The third-order valence-corrected chi connectivity index (χ3v) is 4.45. The van der Waals surface area contributed by atoms with E-state index in [1.807, 2.05) is 42.3 Å². The number of carbonyl (C=O) groups excluding carboxylic acids is 1. The largest absolute Gasteiger partial charge is 0.336 e. The fraction of sp³-hybridized carbons (Fsp3) is 0.412. The molecule has 0 saturated carbocycles. The lowest BCUT2D eigenvalue weighted by Gasteiger charge is -2.20. The summed E-state index contributed by atoms with van der Waals surface area (Å²) >= 11 is 0. The average Bonchev–Trinajstić information content (AvgIpc) is 3.14. The van der Waals surface area contributed by atoms with Crippen LogP contribution in [0.2, 0.25) is 0 Å². The molecule has 2 N–H and O–H groups in total. The lowest BCUT2D eigenvalue weighted by atomic mass is 10.1. The van der Waals surface area contributed by atoms with Crippen molar-refractivity contribution in [2.24, 2.45) is 11.7 Å². The molecule has 2 aromatic rings. The van der Waals surface area contributed by atoms with Gasteiger partial charge in [-0.25, -0.2) is 4.68 Å². The Bertz CT molecular complexity index is 685. The number of nitrogens with two attached hydrogens (primary N) is 1. The molecule has 1 amide bonds. The minimum atomic E-state index is 0. The minimum absolute atomic E-state index is 0. The van der Waals surface area contributed by atoms with Crippen molar-refractivity contribution in [3.8, 4) is 5.69 Å². The van der Waals surface area contributed by atoms with Crippen molar-refractivity contribution >= 4 is 18.3 Å². The zero-order valence-corrected chi connectivity index (χ0v) is 14.3. The first-order valence-corrected chi connectivity index (χ1v) is 7.72. The number of para-hydroxylation sites is 1. The molecule has 1 aliphatic heterocycles. The normalized spacial score (nSPS) is 20.4. The first kappa shape index (κ1) is 17.5. The van der Waals surface area contributed by atoms with Crippen LogP contribution < -0.4 is 5.73 Å². The van der Waals surface area contributed by atoms with Crippen LogP contribution in [0, 0.1) is 12.8 Å². The number of rotatable bonds is 3. The van der Waals surface area contributed by atoms with E-state index in [9.17, 15) is 4.79 Å². The molecule has 6 heteroatoms. The summed E-state index contributed by atoms with van der Waals surface area (Å²) in [6, 6.07) is 8.24. The van der Waals surface area contributed by atoms with Gasteiger partial charge in [0.15, 0.2) is 0 Å². The van der Waals surface area contributed by atoms with E-state index < -0.39 is 0 Å². The van der Waals surface area contributed by atoms with Crippen molar-refractivity contribution < 1.29 is 4.79 Å². The Labute approximate surface area is 142 Å². The molecular weight excluding hydrogens is 312 g/mol. The van der Waals surface area contributed by atoms with Crippen LogP contribution in [0.3, 0.4) is 0 Å². The summed E-state index contributed by atoms with van der Waals surface area (Å²) in [6.45, 7) is 5.49. The number of aromatic nitrogens is 2. The second kappa shape index (κ2) is 7.15. The van der Waals surface area contributed by atoms with Crippen molar-refractivity contribution in [1.82, 2.24) is 14.7 Å². The number of aryl methyl sites for hydroxylation is 1. The van der Waals surface area contributed by atoms with Gasteiger partial charge >= 0.3 is 0 Å². The summed E-state index contributed by atoms with van der Waals surface area (Å²) in [5.74, 6) is 0.452. The van der Waals surface area contributed by atoms with E-state index in [-0.39, 0.29) is 24.4 Å². The standard InChI is InChI=1S/C17H22N4O.ClH/c1-12-5-3-4-6-16(12)21-11-15(9-19-21)17(22)20-10-14(8-18)7-13(20)2;/h3-6,9,11,13-14H,7-8,10,18H2,1-2H3;1H. The number of nitrogens with zero attached hydrogens (tertiary/aromatic N) is 3. The summed E-state index contributed by atoms with van der Waals surface area (Å²) in [5.41, 5.74) is 8.49. The SMILES string of the molecule is Cc1ccccc1-n1cc(C(=O)N2CC(CN)CC2C)cn1.Cl. The molecule has 2 unspecified atom stereocenters. The van der Waals surface area contributed by atoms with Crippen LogP contribution in [0.15, 0.2) is 36.7 Å². The van der Waals surface area contributed by atoms with E-state index in [1.54, 1.807) is 10.9 Å². The van der Waals surface area contributed by atoms with Crippen LogP contribution in [0.5, 0.6) is 0 Å². The van der Waals surface area contributed by atoms with Crippen molar-refractivity contribution in [2.45, 2.75) is 26.3 Å². The van der Waals surface area contributed by atoms with Crippen LogP contribution in [0.4, 0.5) is 0 Å². The van der Waals surface area contributed by atoms with Gasteiger partial charge in [-0.1, -0.05) is 18.2 Å². The van der Waals surface area contributed by atoms with E-state index in [4.69, 9.17) is 5.73 Å². The van der Waals surface area contributed by atoms with Crippen molar-refractivity contribution in [3.63, 3.8) is 0 Å². The predicted octanol–water partition coefficient (Wildman–Crippen LogP) is 2.41. The number of amides is 1. The quantitative estimate of drug-likeness (QED) is 0.937. The zero-order chi connectivity index (χ0) is 15.7. The van der Waals surface area contributed by atoms with E-state index in [0.29, 0.717) is 18.0 Å². The Hall–Kier alpha value is -1.85. The number of halogens is 1. The highest BCUT2D eigenvalue weighted by Crippen LogP contribution is 2.24. The third-order valence-electron chi connectivity index (χ3n) is 4.45. The van der Waals surface area contributed by atoms with E-state index >= 15 is 0 Å². The summed E-state index contributed by atoms with van der Waals surface area (Å²) in [6.07, 6.45) is 4.44. The number of hydrogen-bond donors (Lipinski definition) is 1. The van der Waals surface area contributed by atoms with Gasteiger partial charge in [-0.15, -0.1) is 12.4 Å². The van der Waals surface area contributed by atoms with Gasteiger partial charge in [-0.2, -0.15) is 5.10 Å². The highest BCUT2D eigenvalue weighted by Gasteiger charge is 2.32. The maximum atomic E-state index is 12.7. The highest BCUT2D eigenvalue weighted by atomic mass is 35.5. The van der Waals surface area contributed by atoms with Gasteiger partial charge in [0.05, 0.1) is 17.4 Å². The lowest BCUT2D eigenvalue weighted by molar-refractivity contribution is 0.0743. The lowest BCUT2D eigenvalue weighted by Crippen LogP contribution is -2.34. The summed E-state index contributed by atoms with van der Waals surface area (Å²) < 4.78 is 1.77. The van der Waals surface area contributed by atoms with E-state index in [0.717, 1.165) is 24.2 Å². The van der Waals surface area contributed by atoms with Crippen molar-refractivity contribution in [1.29, 1.82) is 0 Å². The molecule has 3 rings (SSSR count). The topological polar surface area (TPSA) is 64.2 Å². The summed E-state index contributed by atoms with van der Waals surface area (Å²) in [5, 5.41) is 4.35. The Kier molecular flexibility index (Phi) is 5.44. The average molecular weight is 335 g/mol. The molecule has 1 aromatic carbocycles. The molecule has 0 bridgehead atoms. The van der Waals surface area contributed by atoms with Crippen LogP contribution in [0.1, 0.15) is 29.3 Å². The minimum Gasteiger partial charge on any atom is -0.336 e. The van der Waals surface area contributed by atoms with Crippen LogP contribution >= 0.6 is 12.4 Å². The molecule has 2 atom stereocenters. The molecule has 1 aromatic heterocycles. The van der Waals surface area contributed by atoms with Gasteiger partial charge in [0.25, 0.3) is 5.91 Å². The first-order valence-electron chi connectivity index (χ1n) is 7.72.